The van der Waals surface area contributed by atoms with Gasteiger partial charge in [0.2, 0.25) is 15.9 Å². The third-order valence-corrected chi connectivity index (χ3v) is 5.12. The molecule has 1 aliphatic rings. The summed E-state index contributed by atoms with van der Waals surface area (Å²) in [4.78, 5) is 11.1. The van der Waals surface area contributed by atoms with E-state index in [0.717, 1.165) is 0 Å². The number of hydrogen-bond donors (Lipinski definition) is 2. The molecule has 2 unspecified atom stereocenters. The fourth-order valence-corrected chi connectivity index (χ4v) is 3.79. The highest BCUT2D eigenvalue weighted by molar-refractivity contribution is 7.89. The van der Waals surface area contributed by atoms with Gasteiger partial charge in [0.1, 0.15) is 0 Å². The van der Waals surface area contributed by atoms with Gasteiger partial charge in [-0.1, -0.05) is 0 Å². The SMILES string of the molecule is CC1CN(S(=O)(=O)c2ccc(C(N)=O)cc2)CC(CO)O1. The number of morpholine rings is 1. The third kappa shape index (κ3) is 3.41. The zero-order chi connectivity index (χ0) is 15.6. The number of carbonyl (C=O) groups excluding carboxylic acids is 1. The maximum atomic E-state index is 12.5. The minimum Gasteiger partial charge on any atom is -0.394 e. The van der Waals surface area contributed by atoms with Gasteiger partial charge < -0.3 is 15.6 Å². The Morgan fingerprint density at radius 1 is 1.38 bits per heavy atom. The molecule has 1 fully saturated rings. The van der Waals surface area contributed by atoms with Crippen LogP contribution in [0.3, 0.4) is 0 Å². The molecule has 1 aliphatic heterocycles. The summed E-state index contributed by atoms with van der Waals surface area (Å²) >= 11 is 0. The normalized spacial score (nSPS) is 23.9. The Morgan fingerprint density at radius 2 is 2.00 bits per heavy atom. The lowest BCUT2D eigenvalue weighted by atomic mass is 10.2. The quantitative estimate of drug-likeness (QED) is 0.782. The van der Waals surface area contributed by atoms with Crippen LogP contribution in [-0.4, -0.2) is 55.6 Å². The summed E-state index contributed by atoms with van der Waals surface area (Å²) in [6, 6.07) is 5.46. The van der Waals surface area contributed by atoms with E-state index in [4.69, 9.17) is 15.6 Å². The maximum absolute atomic E-state index is 12.5. The minimum atomic E-state index is -3.69. The second kappa shape index (κ2) is 6.10. The molecule has 1 saturated heterocycles. The number of nitrogens with zero attached hydrogens (tertiary/aromatic N) is 1. The number of sulfonamides is 1. The van der Waals surface area contributed by atoms with Crippen LogP contribution in [0.4, 0.5) is 0 Å². The van der Waals surface area contributed by atoms with E-state index in [1.807, 2.05) is 0 Å². The second-order valence-corrected chi connectivity index (χ2v) is 6.90. The molecule has 116 valence electrons. The van der Waals surface area contributed by atoms with Crippen LogP contribution in [0, 0.1) is 0 Å². The molecule has 3 N–H and O–H groups in total. The van der Waals surface area contributed by atoms with Crippen molar-refractivity contribution in [3.05, 3.63) is 29.8 Å². The summed E-state index contributed by atoms with van der Waals surface area (Å²) in [5.74, 6) is -0.612. The van der Waals surface area contributed by atoms with Crippen molar-refractivity contribution in [1.82, 2.24) is 4.31 Å². The molecule has 1 heterocycles. The summed E-state index contributed by atoms with van der Waals surface area (Å²) in [5.41, 5.74) is 5.37. The van der Waals surface area contributed by atoms with Gasteiger partial charge in [-0.25, -0.2) is 8.42 Å². The highest BCUT2D eigenvalue weighted by atomic mass is 32.2. The van der Waals surface area contributed by atoms with Crippen molar-refractivity contribution in [2.45, 2.75) is 24.0 Å². The van der Waals surface area contributed by atoms with Crippen molar-refractivity contribution in [2.75, 3.05) is 19.7 Å². The van der Waals surface area contributed by atoms with Crippen molar-refractivity contribution in [3.8, 4) is 0 Å². The summed E-state index contributed by atoms with van der Waals surface area (Å²) < 4.78 is 31.8. The molecule has 0 aliphatic carbocycles. The van der Waals surface area contributed by atoms with Crippen LogP contribution in [0.2, 0.25) is 0 Å². The van der Waals surface area contributed by atoms with Crippen LogP contribution < -0.4 is 5.73 Å². The number of benzene rings is 1. The van der Waals surface area contributed by atoms with Crippen molar-refractivity contribution in [2.24, 2.45) is 5.73 Å². The fraction of sp³-hybridized carbons (Fsp3) is 0.462. The Labute approximate surface area is 123 Å². The first-order valence-corrected chi connectivity index (χ1v) is 7.95. The van der Waals surface area contributed by atoms with E-state index in [-0.39, 0.29) is 36.3 Å². The first kappa shape index (κ1) is 15.9. The number of rotatable bonds is 4. The smallest absolute Gasteiger partial charge is 0.248 e. The Balaban J connectivity index is 2.26. The van der Waals surface area contributed by atoms with E-state index in [0.29, 0.717) is 0 Å². The molecule has 2 rings (SSSR count). The summed E-state index contributed by atoms with van der Waals surface area (Å²) in [5, 5.41) is 9.16. The van der Waals surface area contributed by atoms with E-state index >= 15 is 0 Å². The summed E-state index contributed by atoms with van der Waals surface area (Å²) in [7, 11) is -3.69. The van der Waals surface area contributed by atoms with Gasteiger partial charge >= 0.3 is 0 Å². The Morgan fingerprint density at radius 3 is 2.52 bits per heavy atom. The Bertz CT molecular complexity index is 614. The molecule has 0 aromatic heterocycles. The van der Waals surface area contributed by atoms with E-state index in [9.17, 15) is 13.2 Å². The van der Waals surface area contributed by atoms with Gasteiger partial charge in [0, 0.05) is 18.7 Å². The predicted molar refractivity (Wildman–Crippen MR) is 75.1 cm³/mol. The third-order valence-electron chi connectivity index (χ3n) is 3.27. The van der Waals surface area contributed by atoms with E-state index in [1.54, 1.807) is 6.92 Å². The topological polar surface area (TPSA) is 110 Å². The molecule has 1 amide bonds. The molecule has 0 radical (unpaired) electrons. The van der Waals surface area contributed by atoms with Gasteiger partial charge in [-0.3, -0.25) is 4.79 Å². The first-order chi connectivity index (χ1) is 9.84. The lowest BCUT2D eigenvalue weighted by Gasteiger charge is -2.35. The number of primary amides is 1. The molecule has 1 aromatic rings. The average molecular weight is 314 g/mol. The van der Waals surface area contributed by atoms with Crippen LogP contribution in [0.25, 0.3) is 0 Å². The fourth-order valence-electron chi connectivity index (χ4n) is 2.24. The Hall–Kier alpha value is -1.48. The van der Waals surface area contributed by atoms with Crippen molar-refractivity contribution in [3.63, 3.8) is 0 Å². The largest absolute Gasteiger partial charge is 0.394 e. The van der Waals surface area contributed by atoms with Gasteiger partial charge in [0.25, 0.3) is 0 Å². The molecule has 0 bridgehead atoms. The molecular weight excluding hydrogens is 296 g/mol. The number of hydrogen-bond acceptors (Lipinski definition) is 5. The summed E-state index contributed by atoms with van der Waals surface area (Å²) in [6.45, 7) is 1.83. The first-order valence-electron chi connectivity index (χ1n) is 6.51. The van der Waals surface area contributed by atoms with Gasteiger partial charge in [-0.2, -0.15) is 4.31 Å². The van der Waals surface area contributed by atoms with Gasteiger partial charge in [0.05, 0.1) is 23.7 Å². The number of amides is 1. The van der Waals surface area contributed by atoms with Gasteiger partial charge in [0.15, 0.2) is 0 Å². The molecule has 1 aromatic carbocycles. The van der Waals surface area contributed by atoms with E-state index in [2.05, 4.69) is 0 Å². The van der Waals surface area contributed by atoms with Crippen LogP contribution in [0.5, 0.6) is 0 Å². The second-order valence-electron chi connectivity index (χ2n) is 4.96. The van der Waals surface area contributed by atoms with Crippen molar-refractivity contribution >= 4 is 15.9 Å². The molecule has 0 saturated carbocycles. The van der Waals surface area contributed by atoms with Crippen LogP contribution in [0.15, 0.2) is 29.2 Å². The lowest BCUT2D eigenvalue weighted by molar-refractivity contribution is -0.0750. The zero-order valence-corrected chi connectivity index (χ0v) is 12.4. The summed E-state index contributed by atoms with van der Waals surface area (Å²) in [6.07, 6.45) is -0.830. The van der Waals surface area contributed by atoms with Crippen LogP contribution in [0.1, 0.15) is 17.3 Å². The highest BCUT2D eigenvalue weighted by Crippen LogP contribution is 2.21. The average Bonchev–Trinajstić information content (AvgIpc) is 2.46. The van der Waals surface area contributed by atoms with Crippen molar-refractivity contribution in [1.29, 1.82) is 0 Å². The van der Waals surface area contributed by atoms with Crippen LogP contribution >= 0.6 is 0 Å². The number of ether oxygens (including phenoxy) is 1. The monoisotopic (exact) mass is 314 g/mol. The molecule has 0 spiro atoms. The van der Waals surface area contributed by atoms with Gasteiger partial charge in [-0.05, 0) is 31.2 Å². The number of aliphatic hydroxyl groups excluding tert-OH is 1. The minimum absolute atomic E-state index is 0.0817. The lowest BCUT2D eigenvalue weighted by Crippen LogP contribution is -2.50. The number of carbonyl (C=O) groups is 1. The van der Waals surface area contributed by atoms with Crippen LogP contribution in [-0.2, 0) is 14.8 Å². The van der Waals surface area contributed by atoms with Gasteiger partial charge in [-0.15, -0.1) is 0 Å². The van der Waals surface area contributed by atoms with E-state index in [1.165, 1.54) is 28.6 Å². The molecule has 2 atom stereocenters. The molecule has 7 nitrogen and oxygen atoms in total. The molecule has 8 heteroatoms. The number of aliphatic hydroxyl groups is 1. The Kier molecular flexibility index (Phi) is 4.62. The number of nitrogens with two attached hydrogens (primary N) is 1. The zero-order valence-electron chi connectivity index (χ0n) is 11.6. The van der Waals surface area contributed by atoms with Crippen molar-refractivity contribution < 1.29 is 23.1 Å². The van der Waals surface area contributed by atoms with E-state index < -0.39 is 22.0 Å². The predicted octanol–water partition coefficient (Wildman–Crippen LogP) is -0.444. The molecular formula is C13H18N2O5S. The standard InChI is InChI=1S/C13H18N2O5S/c1-9-6-15(7-11(8-16)20-9)21(18,19)12-4-2-10(3-5-12)13(14)17/h2-5,9,11,16H,6-8H2,1H3,(H2,14,17). The maximum Gasteiger partial charge on any atom is 0.248 e. The highest BCUT2D eigenvalue weighted by Gasteiger charge is 2.33. The molecule has 21 heavy (non-hydrogen) atoms.